The van der Waals surface area contributed by atoms with Gasteiger partial charge in [0.25, 0.3) is 0 Å². The number of nitrogens with zero attached hydrogens (tertiary/aromatic N) is 1. The predicted molar refractivity (Wildman–Crippen MR) is 113 cm³/mol. The van der Waals surface area contributed by atoms with E-state index < -0.39 is 0 Å². The Bertz CT molecular complexity index is 888. The molecule has 0 saturated carbocycles. The first-order chi connectivity index (χ1) is 13.3. The molecule has 3 aromatic rings. The number of aliphatic imine (C=N–C) groups is 1. The van der Waals surface area contributed by atoms with Crippen molar-refractivity contribution in [2.45, 2.75) is 19.8 Å². The molecule has 3 heteroatoms. The molecule has 0 N–H and O–H groups in total. The molecule has 0 radical (unpaired) electrons. The van der Waals surface area contributed by atoms with E-state index in [9.17, 15) is 0 Å². The largest absolute Gasteiger partial charge is 0.494 e. The lowest BCUT2D eigenvalue weighted by Crippen LogP contribution is -2.01. The van der Waals surface area contributed by atoms with Gasteiger partial charge < -0.3 is 9.47 Å². The van der Waals surface area contributed by atoms with Crippen LogP contribution < -0.4 is 9.47 Å². The second kappa shape index (κ2) is 9.58. The minimum atomic E-state index is 0.690. The summed E-state index contributed by atoms with van der Waals surface area (Å²) in [6.45, 7) is 2.85. The van der Waals surface area contributed by atoms with E-state index in [-0.39, 0.29) is 0 Å². The van der Waals surface area contributed by atoms with Gasteiger partial charge in [0, 0.05) is 17.3 Å². The lowest BCUT2D eigenvalue weighted by molar-refractivity contribution is 0.310. The van der Waals surface area contributed by atoms with Crippen LogP contribution in [-0.4, -0.2) is 19.9 Å². The summed E-state index contributed by atoms with van der Waals surface area (Å²) in [5, 5.41) is 0. The van der Waals surface area contributed by atoms with Crippen molar-refractivity contribution < 1.29 is 9.47 Å². The summed E-state index contributed by atoms with van der Waals surface area (Å²) in [4.78, 5) is 4.64. The van der Waals surface area contributed by atoms with E-state index in [4.69, 9.17) is 9.47 Å². The van der Waals surface area contributed by atoms with Gasteiger partial charge >= 0.3 is 0 Å². The van der Waals surface area contributed by atoms with Crippen LogP contribution in [0, 0.1) is 0 Å². The lowest BCUT2D eigenvalue weighted by Gasteiger charge is -2.14. The molecule has 0 aliphatic carbocycles. The van der Waals surface area contributed by atoms with Crippen molar-refractivity contribution in [2.75, 3.05) is 13.7 Å². The molecule has 0 atom stereocenters. The molecular weight excluding hydrogens is 334 g/mol. The molecule has 0 aliphatic rings. The maximum atomic E-state index is 6.19. The Morgan fingerprint density at radius 3 is 2.44 bits per heavy atom. The number of methoxy groups -OCH3 is 1. The summed E-state index contributed by atoms with van der Waals surface area (Å²) in [6, 6.07) is 24.2. The zero-order valence-corrected chi connectivity index (χ0v) is 15.9. The van der Waals surface area contributed by atoms with Gasteiger partial charge in [0.05, 0.1) is 13.7 Å². The van der Waals surface area contributed by atoms with Crippen LogP contribution in [0.15, 0.2) is 77.8 Å². The molecule has 0 aliphatic heterocycles. The molecular formula is C24H25NO2. The van der Waals surface area contributed by atoms with Crippen molar-refractivity contribution in [3.05, 3.63) is 78.4 Å². The summed E-state index contributed by atoms with van der Waals surface area (Å²) in [5.74, 6) is 1.62. The molecule has 0 amide bonds. The van der Waals surface area contributed by atoms with Crippen molar-refractivity contribution >= 4 is 11.9 Å². The van der Waals surface area contributed by atoms with Gasteiger partial charge in [0.2, 0.25) is 0 Å². The summed E-state index contributed by atoms with van der Waals surface area (Å²) in [7, 11) is 1.66. The first kappa shape index (κ1) is 18.7. The van der Waals surface area contributed by atoms with Crippen molar-refractivity contribution in [1.82, 2.24) is 0 Å². The number of unbranched alkanes of at least 4 members (excludes halogenated alkanes) is 1. The van der Waals surface area contributed by atoms with Gasteiger partial charge in [0.15, 0.2) is 0 Å². The molecule has 0 unspecified atom stereocenters. The molecule has 0 saturated heterocycles. The van der Waals surface area contributed by atoms with E-state index in [0.717, 1.165) is 46.7 Å². The average molecular weight is 359 g/mol. The second-order valence-electron chi connectivity index (χ2n) is 6.22. The van der Waals surface area contributed by atoms with Gasteiger partial charge in [0.1, 0.15) is 17.2 Å². The third kappa shape index (κ3) is 4.76. The van der Waals surface area contributed by atoms with Crippen molar-refractivity contribution in [2.24, 2.45) is 4.99 Å². The van der Waals surface area contributed by atoms with Gasteiger partial charge in [-0.1, -0.05) is 67.9 Å². The molecule has 138 valence electrons. The summed E-state index contributed by atoms with van der Waals surface area (Å²) in [5.41, 5.74) is 3.97. The fraction of sp³-hybridized carbons (Fsp3) is 0.208. The number of rotatable bonds is 8. The quantitative estimate of drug-likeness (QED) is 0.349. The van der Waals surface area contributed by atoms with Crippen molar-refractivity contribution in [1.29, 1.82) is 0 Å². The number of para-hydroxylation sites is 3. The molecule has 0 aromatic heterocycles. The third-order valence-electron chi connectivity index (χ3n) is 4.30. The number of ether oxygens (including phenoxy) is 2. The van der Waals surface area contributed by atoms with Crippen LogP contribution in [0.4, 0.5) is 5.69 Å². The standard InChI is InChI=1S/C24H25NO2/c1-3-4-17-27-24-20(18-25-22-15-8-9-16-23(22)26-2)13-10-14-21(24)19-11-6-5-7-12-19/h5-16,18H,3-4,17H2,1-2H3. The van der Waals surface area contributed by atoms with Gasteiger partial charge in [-0.25, -0.2) is 0 Å². The minimum Gasteiger partial charge on any atom is -0.494 e. The van der Waals surface area contributed by atoms with E-state index in [2.05, 4.69) is 30.1 Å². The Balaban J connectivity index is 1.99. The maximum absolute atomic E-state index is 6.19. The van der Waals surface area contributed by atoms with Gasteiger partial charge in [-0.2, -0.15) is 0 Å². The Kier molecular flexibility index (Phi) is 6.64. The average Bonchev–Trinajstić information content (AvgIpc) is 2.73. The van der Waals surface area contributed by atoms with E-state index in [1.807, 2.05) is 60.8 Å². The summed E-state index contributed by atoms with van der Waals surface area (Å²) >= 11 is 0. The molecule has 0 bridgehead atoms. The summed E-state index contributed by atoms with van der Waals surface area (Å²) < 4.78 is 11.6. The van der Waals surface area contributed by atoms with E-state index in [0.29, 0.717) is 6.61 Å². The minimum absolute atomic E-state index is 0.690. The molecule has 0 heterocycles. The van der Waals surface area contributed by atoms with Gasteiger partial charge in [-0.3, -0.25) is 4.99 Å². The summed E-state index contributed by atoms with van der Waals surface area (Å²) in [6.07, 6.45) is 3.97. The monoisotopic (exact) mass is 359 g/mol. The Morgan fingerprint density at radius 1 is 0.889 bits per heavy atom. The highest BCUT2D eigenvalue weighted by Crippen LogP contribution is 2.33. The fourth-order valence-electron chi connectivity index (χ4n) is 2.86. The van der Waals surface area contributed by atoms with E-state index >= 15 is 0 Å². The van der Waals surface area contributed by atoms with Crippen LogP contribution in [0.3, 0.4) is 0 Å². The zero-order valence-electron chi connectivity index (χ0n) is 15.9. The highest BCUT2D eigenvalue weighted by Gasteiger charge is 2.11. The molecule has 0 fully saturated rings. The normalized spacial score (nSPS) is 10.9. The molecule has 3 aromatic carbocycles. The lowest BCUT2D eigenvalue weighted by atomic mass is 10.0. The zero-order chi connectivity index (χ0) is 18.9. The first-order valence-electron chi connectivity index (χ1n) is 9.31. The van der Waals surface area contributed by atoms with Crippen LogP contribution in [0.1, 0.15) is 25.3 Å². The van der Waals surface area contributed by atoms with E-state index in [1.165, 1.54) is 0 Å². The SMILES string of the molecule is CCCCOc1c(C=Nc2ccccc2OC)cccc1-c1ccccc1. The number of hydrogen-bond donors (Lipinski definition) is 0. The molecule has 3 nitrogen and oxygen atoms in total. The number of hydrogen-bond acceptors (Lipinski definition) is 3. The predicted octanol–water partition coefficient (Wildman–Crippen LogP) is 6.29. The Labute approximate surface area is 161 Å². The first-order valence-corrected chi connectivity index (χ1v) is 9.31. The molecule has 27 heavy (non-hydrogen) atoms. The smallest absolute Gasteiger partial charge is 0.144 e. The molecule has 0 spiro atoms. The topological polar surface area (TPSA) is 30.8 Å². The maximum Gasteiger partial charge on any atom is 0.144 e. The Morgan fingerprint density at radius 2 is 1.67 bits per heavy atom. The fourth-order valence-corrected chi connectivity index (χ4v) is 2.86. The van der Waals surface area contributed by atoms with Crippen LogP contribution in [-0.2, 0) is 0 Å². The highest BCUT2D eigenvalue weighted by molar-refractivity contribution is 5.90. The van der Waals surface area contributed by atoms with Gasteiger partial charge in [-0.15, -0.1) is 0 Å². The van der Waals surface area contributed by atoms with Crippen LogP contribution >= 0.6 is 0 Å². The molecule has 3 rings (SSSR count). The van der Waals surface area contributed by atoms with Gasteiger partial charge in [-0.05, 0) is 30.2 Å². The van der Waals surface area contributed by atoms with Crippen molar-refractivity contribution in [3.8, 4) is 22.6 Å². The van der Waals surface area contributed by atoms with Crippen molar-refractivity contribution in [3.63, 3.8) is 0 Å². The van der Waals surface area contributed by atoms with Crippen LogP contribution in [0.2, 0.25) is 0 Å². The second-order valence-corrected chi connectivity index (χ2v) is 6.22. The highest BCUT2D eigenvalue weighted by atomic mass is 16.5. The third-order valence-corrected chi connectivity index (χ3v) is 4.30. The van der Waals surface area contributed by atoms with E-state index in [1.54, 1.807) is 7.11 Å². The Hall–Kier alpha value is -3.07. The van der Waals surface area contributed by atoms with Crippen LogP contribution in [0.25, 0.3) is 11.1 Å². The number of benzene rings is 3. The van der Waals surface area contributed by atoms with Crippen LogP contribution in [0.5, 0.6) is 11.5 Å².